The summed E-state index contributed by atoms with van der Waals surface area (Å²) < 4.78 is 0. The molecular formula is C21H31N7O4S. The van der Waals surface area contributed by atoms with Crippen molar-refractivity contribution in [2.24, 2.45) is 16.5 Å². The number of carboxylic acids is 1. The van der Waals surface area contributed by atoms with E-state index < -0.39 is 30.0 Å². The molecule has 33 heavy (non-hydrogen) atoms. The van der Waals surface area contributed by atoms with E-state index in [1.165, 1.54) is 0 Å². The summed E-state index contributed by atoms with van der Waals surface area (Å²) in [6.07, 6.45) is 2.94. The quantitative estimate of drug-likeness (QED) is 0.0813. The standard InChI is InChI=1S/C21H31N7O4S/c1-24-15(7-4-8-25-21(22)23)18(29)27-16(19(30)28-17(11-33)20(31)32)9-12-10-26-14-6-3-2-5-13(12)14/h2-3,5-6,10,15-17,24,26,33H,4,7-9,11H2,1H3,(H,27,29)(H,28,30)(H,31,32)(H4,22,23,25)/t15-,16+,17-/m0/s1. The molecule has 0 saturated heterocycles. The van der Waals surface area contributed by atoms with E-state index in [1.54, 1.807) is 13.2 Å². The van der Waals surface area contributed by atoms with E-state index in [0.717, 1.165) is 16.5 Å². The number of aliphatic carboxylic acids is 1. The number of amides is 2. The first-order valence-corrected chi connectivity index (χ1v) is 11.1. The van der Waals surface area contributed by atoms with Crippen molar-refractivity contribution in [1.29, 1.82) is 0 Å². The Labute approximate surface area is 197 Å². The van der Waals surface area contributed by atoms with E-state index in [1.807, 2.05) is 24.3 Å². The van der Waals surface area contributed by atoms with Gasteiger partial charge in [-0.25, -0.2) is 4.79 Å². The molecule has 1 aromatic heterocycles. The number of H-pyrrole nitrogens is 1. The van der Waals surface area contributed by atoms with Gasteiger partial charge in [0, 0.05) is 35.8 Å². The van der Waals surface area contributed by atoms with Crippen molar-refractivity contribution in [1.82, 2.24) is 20.9 Å². The Morgan fingerprint density at radius 1 is 1.12 bits per heavy atom. The number of benzene rings is 1. The van der Waals surface area contributed by atoms with Gasteiger partial charge in [0.2, 0.25) is 11.8 Å². The van der Waals surface area contributed by atoms with Gasteiger partial charge in [-0.15, -0.1) is 0 Å². The summed E-state index contributed by atoms with van der Waals surface area (Å²) in [4.78, 5) is 44.3. The van der Waals surface area contributed by atoms with Crippen molar-refractivity contribution in [3.8, 4) is 0 Å². The largest absolute Gasteiger partial charge is 0.480 e. The molecule has 1 heterocycles. The summed E-state index contributed by atoms with van der Waals surface area (Å²) in [7, 11) is 1.64. The molecule has 0 unspecified atom stereocenters. The number of nitrogens with one attached hydrogen (secondary N) is 4. The van der Waals surface area contributed by atoms with Gasteiger partial charge in [-0.3, -0.25) is 14.6 Å². The molecule has 2 aromatic rings. The Bertz CT molecular complexity index is 990. The highest BCUT2D eigenvalue weighted by molar-refractivity contribution is 7.80. The second-order valence-corrected chi connectivity index (χ2v) is 7.86. The molecule has 0 fully saturated rings. The van der Waals surface area contributed by atoms with Crippen LogP contribution in [0.3, 0.4) is 0 Å². The monoisotopic (exact) mass is 477 g/mol. The SMILES string of the molecule is CN[C@@H](CCCN=C(N)N)C(=O)N[C@H](Cc1c[nH]c2ccccc12)C(=O)N[C@@H](CS)C(=O)O. The van der Waals surface area contributed by atoms with Crippen LogP contribution < -0.4 is 27.4 Å². The van der Waals surface area contributed by atoms with Crippen molar-refractivity contribution < 1.29 is 19.5 Å². The van der Waals surface area contributed by atoms with Gasteiger partial charge in [-0.2, -0.15) is 12.6 Å². The number of hydrogen-bond acceptors (Lipinski definition) is 6. The van der Waals surface area contributed by atoms with E-state index in [-0.39, 0.29) is 24.0 Å². The number of hydrogen-bond donors (Lipinski definition) is 8. The highest BCUT2D eigenvalue weighted by Gasteiger charge is 2.28. The molecule has 0 spiro atoms. The van der Waals surface area contributed by atoms with Gasteiger partial charge in [0.1, 0.15) is 12.1 Å². The van der Waals surface area contributed by atoms with Crippen LogP contribution in [0.4, 0.5) is 0 Å². The number of thiol groups is 1. The number of carbonyl (C=O) groups is 3. The fraction of sp³-hybridized carbons (Fsp3) is 0.429. The van der Waals surface area contributed by atoms with Crippen molar-refractivity contribution in [2.45, 2.75) is 37.4 Å². The topological polar surface area (TPSA) is 188 Å². The number of rotatable bonds is 13. The third-order valence-electron chi connectivity index (χ3n) is 5.14. The predicted octanol–water partition coefficient (Wildman–Crippen LogP) is -0.664. The highest BCUT2D eigenvalue weighted by Crippen LogP contribution is 2.19. The maximum absolute atomic E-state index is 13.0. The Morgan fingerprint density at radius 2 is 1.79 bits per heavy atom. The molecule has 11 nitrogen and oxygen atoms in total. The fourth-order valence-corrected chi connectivity index (χ4v) is 3.62. The Morgan fingerprint density at radius 3 is 2.42 bits per heavy atom. The van der Waals surface area contributed by atoms with Crippen molar-refractivity contribution in [3.05, 3.63) is 36.0 Å². The van der Waals surface area contributed by atoms with E-state index in [0.29, 0.717) is 19.4 Å². The molecule has 0 aliphatic rings. The van der Waals surface area contributed by atoms with Gasteiger partial charge in [0.25, 0.3) is 0 Å². The molecule has 180 valence electrons. The number of carboxylic acid groups (broad SMARTS) is 1. The van der Waals surface area contributed by atoms with Crippen LogP contribution in [0.1, 0.15) is 18.4 Å². The number of guanidine groups is 1. The number of carbonyl (C=O) groups excluding carboxylic acids is 2. The van der Waals surface area contributed by atoms with Crippen LogP contribution in [0.15, 0.2) is 35.5 Å². The van der Waals surface area contributed by atoms with Crippen LogP contribution >= 0.6 is 12.6 Å². The summed E-state index contributed by atoms with van der Waals surface area (Å²) >= 11 is 3.99. The lowest BCUT2D eigenvalue weighted by atomic mass is 10.0. The maximum Gasteiger partial charge on any atom is 0.327 e. The number of likely N-dealkylation sites (N-methyl/N-ethyl adjacent to an activating group) is 1. The molecule has 12 heteroatoms. The maximum atomic E-state index is 13.0. The van der Waals surface area contributed by atoms with Gasteiger partial charge in [-0.05, 0) is 31.5 Å². The summed E-state index contributed by atoms with van der Waals surface area (Å²) in [6.45, 7) is 0.370. The zero-order valence-electron chi connectivity index (χ0n) is 18.4. The number of nitrogens with two attached hydrogens (primary N) is 2. The smallest absolute Gasteiger partial charge is 0.327 e. The van der Waals surface area contributed by atoms with Crippen LogP contribution in [-0.2, 0) is 20.8 Å². The number of nitrogens with zero attached hydrogens (tertiary/aromatic N) is 1. The van der Waals surface area contributed by atoms with Crippen molar-refractivity contribution in [3.63, 3.8) is 0 Å². The molecular weight excluding hydrogens is 446 g/mol. The van der Waals surface area contributed by atoms with Crippen molar-refractivity contribution in [2.75, 3.05) is 19.3 Å². The van der Waals surface area contributed by atoms with Crippen LogP contribution in [0.5, 0.6) is 0 Å². The number of para-hydroxylation sites is 1. The highest BCUT2D eigenvalue weighted by atomic mass is 32.1. The molecule has 0 radical (unpaired) electrons. The Hall–Kier alpha value is -3.25. The minimum Gasteiger partial charge on any atom is -0.480 e. The molecule has 0 aliphatic carbocycles. The molecule has 3 atom stereocenters. The summed E-state index contributed by atoms with van der Waals surface area (Å²) in [6, 6.07) is 4.82. The lowest BCUT2D eigenvalue weighted by Gasteiger charge is -2.23. The van der Waals surface area contributed by atoms with Crippen molar-refractivity contribution >= 4 is 47.3 Å². The number of aliphatic imine (C=N–C) groups is 1. The number of aromatic nitrogens is 1. The summed E-state index contributed by atoms with van der Waals surface area (Å²) in [5, 5.41) is 18.3. The lowest BCUT2D eigenvalue weighted by Crippen LogP contribution is -2.56. The first-order chi connectivity index (χ1) is 15.8. The fourth-order valence-electron chi connectivity index (χ4n) is 3.37. The Balaban J connectivity index is 2.18. The third kappa shape index (κ3) is 7.68. The lowest BCUT2D eigenvalue weighted by molar-refractivity contribution is -0.141. The zero-order valence-corrected chi connectivity index (χ0v) is 19.3. The molecule has 0 bridgehead atoms. The number of aromatic amines is 1. The average Bonchev–Trinajstić information content (AvgIpc) is 3.19. The van der Waals surface area contributed by atoms with Gasteiger partial charge in [-0.1, -0.05) is 18.2 Å². The summed E-state index contributed by atoms with van der Waals surface area (Å²) in [5.41, 5.74) is 12.3. The first-order valence-electron chi connectivity index (χ1n) is 10.5. The molecule has 9 N–H and O–H groups in total. The third-order valence-corrected chi connectivity index (χ3v) is 5.50. The minimum absolute atomic E-state index is 0.0203. The van der Waals surface area contributed by atoms with Gasteiger partial charge < -0.3 is 37.5 Å². The normalized spacial score (nSPS) is 13.6. The first kappa shape index (κ1) is 26.0. The van der Waals surface area contributed by atoms with E-state index in [2.05, 4.69) is 38.6 Å². The average molecular weight is 478 g/mol. The van der Waals surface area contributed by atoms with E-state index in [4.69, 9.17) is 11.5 Å². The van der Waals surface area contributed by atoms with Crippen LogP contribution in [0.2, 0.25) is 0 Å². The molecule has 2 amide bonds. The molecule has 0 saturated carbocycles. The molecule has 1 aromatic carbocycles. The van der Waals surface area contributed by atoms with Gasteiger partial charge >= 0.3 is 5.97 Å². The van der Waals surface area contributed by atoms with Crippen LogP contribution in [0.25, 0.3) is 10.9 Å². The molecule has 0 aliphatic heterocycles. The second kappa shape index (κ2) is 12.7. The van der Waals surface area contributed by atoms with E-state index in [9.17, 15) is 19.5 Å². The van der Waals surface area contributed by atoms with Crippen LogP contribution in [-0.4, -0.2) is 71.3 Å². The van der Waals surface area contributed by atoms with E-state index >= 15 is 0 Å². The second-order valence-electron chi connectivity index (χ2n) is 7.50. The summed E-state index contributed by atoms with van der Waals surface area (Å²) in [5.74, 6) is -2.31. The Kier molecular flexibility index (Phi) is 10.0. The molecule has 2 rings (SSSR count). The predicted molar refractivity (Wildman–Crippen MR) is 130 cm³/mol. The zero-order chi connectivity index (χ0) is 24.4. The van der Waals surface area contributed by atoms with Gasteiger partial charge in [0.15, 0.2) is 5.96 Å². The van der Waals surface area contributed by atoms with Gasteiger partial charge in [0.05, 0.1) is 6.04 Å². The van der Waals surface area contributed by atoms with Crippen LogP contribution in [0, 0.1) is 0 Å². The number of fused-ring (bicyclic) bond motifs is 1. The minimum atomic E-state index is -1.21.